The van der Waals surface area contributed by atoms with E-state index in [-0.39, 0.29) is 12.4 Å². The Morgan fingerprint density at radius 2 is 2.00 bits per heavy atom. The predicted molar refractivity (Wildman–Crippen MR) is 71.8 cm³/mol. The van der Waals surface area contributed by atoms with Crippen LogP contribution in [0.1, 0.15) is 5.56 Å². The van der Waals surface area contributed by atoms with Crippen LogP contribution in [0.3, 0.4) is 0 Å². The summed E-state index contributed by atoms with van der Waals surface area (Å²) < 4.78 is 13.2. The van der Waals surface area contributed by atoms with Crippen LogP contribution in [0.4, 0.5) is 15.8 Å². The number of aliphatic hydroxyl groups excluding tert-OH is 1. The van der Waals surface area contributed by atoms with Gasteiger partial charge in [0.2, 0.25) is 0 Å². The summed E-state index contributed by atoms with van der Waals surface area (Å²) in [6, 6.07) is 11.6. The van der Waals surface area contributed by atoms with Gasteiger partial charge >= 0.3 is 0 Å². The number of hydrogen-bond acceptors (Lipinski definition) is 2. The molecule has 0 radical (unpaired) electrons. The van der Waals surface area contributed by atoms with Crippen molar-refractivity contribution in [2.45, 2.75) is 6.61 Å². The Balaban J connectivity index is 2.37. The average Bonchev–Trinajstić information content (AvgIpc) is 2.37. The van der Waals surface area contributed by atoms with E-state index in [4.69, 9.17) is 16.7 Å². The molecule has 1 N–H and O–H groups in total. The van der Waals surface area contributed by atoms with Crippen molar-refractivity contribution in [3.63, 3.8) is 0 Å². The standard InChI is InChI=1S/C14H13ClFNO/c1-17(12-4-2-3-11(16)8-12)14-6-5-10(9-18)7-13(14)15/h2-8,18H,9H2,1H3. The summed E-state index contributed by atoms with van der Waals surface area (Å²) in [4.78, 5) is 1.80. The number of halogens is 2. The third kappa shape index (κ3) is 2.63. The minimum absolute atomic E-state index is 0.0519. The van der Waals surface area contributed by atoms with E-state index in [2.05, 4.69) is 0 Å². The summed E-state index contributed by atoms with van der Waals surface area (Å²) in [6.07, 6.45) is 0. The van der Waals surface area contributed by atoms with Crippen LogP contribution >= 0.6 is 11.6 Å². The van der Waals surface area contributed by atoms with Gasteiger partial charge in [0.05, 0.1) is 17.3 Å². The fourth-order valence-electron chi connectivity index (χ4n) is 1.74. The molecule has 0 aliphatic carbocycles. The molecule has 0 atom stereocenters. The average molecular weight is 266 g/mol. The number of aliphatic hydroxyl groups is 1. The Labute approximate surface area is 110 Å². The van der Waals surface area contributed by atoms with E-state index < -0.39 is 0 Å². The molecule has 2 aromatic carbocycles. The third-order valence-electron chi connectivity index (χ3n) is 2.75. The number of nitrogens with zero attached hydrogens (tertiary/aromatic N) is 1. The van der Waals surface area contributed by atoms with Crippen molar-refractivity contribution in [1.82, 2.24) is 0 Å². The highest BCUT2D eigenvalue weighted by molar-refractivity contribution is 6.33. The molecule has 0 saturated carbocycles. The van der Waals surface area contributed by atoms with Crippen LogP contribution in [0.2, 0.25) is 5.02 Å². The van der Waals surface area contributed by atoms with Crippen molar-refractivity contribution in [2.24, 2.45) is 0 Å². The van der Waals surface area contributed by atoms with Gasteiger partial charge in [-0.1, -0.05) is 23.7 Å². The maximum absolute atomic E-state index is 13.2. The van der Waals surface area contributed by atoms with Crippen LogP contribution in [0.25, 0.3) is 0 Å². The first-order valence-electron chi connectivity index (χ1n) is 5.50. The second-order valence-electron chi connectivity index (χ2n) is 3.98. The molecule has 0 amide bonds. The fraction of sp³-hybridized carbons (Fsp3) is 0.143. The summed E-state index contributed by atoms with van der Waals surface area (Å²) in [6.45, 7) is -0.0519. The van der Waals surface area contributed by atoms with Gasteiger partial charge in [-0.2, -0.15) is 0 Å². The summed E-state index contributed by atoms with van der Waals surface area (Å²) in [5.41, 5.74) is 2.23. The quantitative estimate of drug-likeness (QED) is 0.914. The van der Waals surface area contributed by atoms with Crippen molar-refractivity contribution in [2.75, 3.05) is 11.9 Å². The molecule has 0 aliphatic heterocycles. The molecule has 0 saturated heterocycles. The first-order chi connectivity index (χ1) is 8.61. The zero-order chi connectivity index (χ0) is 13.1. The lowest BCUT2D eigenvalue weighted by atomic mass is 10.2. The highest BCUT2D eigenvalue weighted by Gasteiger charge is 2.09. The maximum Gasteiger partial charge on any atom is 0.125 e. The normalized spacial score (nSPS) is 10.4. The topological polar surface area (TPSA) is 23.5 Å². The number of hydrogen-bond donors (Lipinski definition) is 1. The van der Waals surface area contributed by atoms with E-state index in [1.807, 2.05) is 7.05 Å². The SMILES string of the molecule is CN(c1cccc(F)c1)c1ccc(CO)cc1Cl. The molecule has 0 aromatic heterocycles. The van der Waals surface area contributed by atoms with Crippen LogP contribution in [0.5, 0.6) is 0 Å². The predicted octanol–water partition coefficient (Wildman–Crippen LogP) is 3.74. The molecule has 0 fully saturated rings. The molecular weight excluding hydrogens is 253 g/mol. The Bertz CT molecular complexity index is 559. The van der Waals surface area contributed by atoms with Gasteiger partial charge in [-0.15, -0.1) is 0 Å². The Kier molecular flexibility index (Phi) is 3.84. The Morgan fingerprint density at radius 3 is 2.61 bits per heavy atom. The first kappa shape index (κ1) is 12.9. The van der Waals surface area contributed by atoms with E-state index in [9.17, 15) is 4.39 Å². The third-order valence-corrected chi connectivity index (χ3v) is 3.05. The molecule has 0 bridgehead atoms. The van der Waals surface area contributed by atoms with E-state index >= 15 is 0 Å². The molecular formula is C14H13ClFNO. The van der Waals surface area contributed by atoms with Gasteiger partial charge in [0.1, 0.15) is 5.82 Å². The Morgan fingerprint density at radius 1 is 1.22 bits per heavy atom. The summed E-state index contributed by atoms with van der Waals surface area (Å²) >= 11 is 6.15. The first-order valence-corrected chi connectivity index (χ1v) is 5.88. The van der Waals surface area contributed by atoms with Gasteiger partial charge in [0.15, 0.2) is 0 Å². The van der Waals surface area contributed by atoms with Gasteiger partial charge < -0.3 is 10.0 Å². The lowest BCUT2D eigenvalue weighted by Crippen LogP contribution is -2.10. The van der Waals surface area contributed by atoms with Gasteiger partial charge in [-0.25, -0.2) is 4.39 Å². The molecule has 2 rings (SSSR count). The molecule has 0 heterocycles. The molecule has 2 nitrogen and oxygen atoms in total. The van der Waals surface area contributed by atoms with Crippen LogP contribution < -0.4 is 4.90 Å². The lowest BCUT2D eigenvalue weighted by molar-refractivity contribution is 0.282. The van der Waals surface area contributed by atoms with E-state index in [0.29, 0.717) is 10.7 Å². The van der Waals surface area contributed by atoms with Crippen molar-refractivity contribution in [3.8, 4) is 0 Å². The van der Waals surface area contributed by atoms with E-state index in [1.54, 1.807) is 35.2 Å². The van der Waals surface area contributed by atoms with E-state index in [1.165, 1.54) is 12.1 Å². The molecule has 0 aliphatic rings. The minimum Gasteiger partial charge on any atom is -0.392 e. The van der Waals surface area contributed by atoms with Crippen molar-refractivity contribution >= 4 is 23.0 Å². The van der Waals surface area contributed by atoms with Crippen LogP contribution in [0.15, 0.2) is 42.5 Å². The number of rotatable bonds is 3. The van der Waals surface area contributed by atoms with Crippen LogP contribution in [-0.2, 0) is 6.61 Å². The van der Waals surface area contributed by atoms with Gasteiger partial charge in [0.25, 0.3) is 0 Å². The molecule has 0 spiro atoms. The van der Waals surface area contributed by atoms with Crippen molar-refractivity contribution < 1.29 is 9.50 Å². The van der Waals surface area contributed by atoms with Gasteiger partial charge in [-0.05, 0) is 35.9 Å². The fourth-order valence-corrected chi connectivity index (χ4v) is 2.07. The minimum atomic E-state index is -0.289. The molecule has 4 heteroatoms. The molecule has 94 valence electrons. The summed E-state index contributed by atoms with van der Waals surface area (Å²) in [5, 5.41) is 9.54. The Hall–Kier alpha value is -1.58. The van der Waals surface area contributed by atoms with Crippen LogP contribution in [-0.4, -0.2) is 12.2 Å². The zero-order valence-electron chi connectivity index (χ0n) is 9.90. The second kappa shape index (κ2) is 5.38. The lowest BCUT2D eigenvalue weighted by Gasteiger charge is -2.21. The molecule has 2 aromatic rings. The smallest absolute Gasteiger partial charge is 0.125 e. The largest absolute Gasteiger partial charge is 0.392 e. The monoisotopic (exact) mass is 265 g/mol. The van der Waals surface area contributed by atoms with Gasteiger partial charge in [-0.3, -0.25) is 0 Å². The maximum atomic E-state index is 13.2. The van der Waals surface area contributed by atoms with E-state index in [0.717, 1.165) is 11.3 Å². The van der Waals surface area contributed by atoms with Crippen LogP contribution in [0, 0.1) is 5.82 Å². The van der Waals surface area contributed by atoms with Crippen molar-refractivity contribution in [1.29, 1.82) is 0 Å². The highest BCUT2D eigenvalue weighted by atomic mass is 35.5. The zero-order valence-corrected chi connectivity index (χ0v) is 10.7. The molecule has 18 heavy (non-hydrogen) atoms. The number of anilines is 2. The highest BCUT2D eigenvalue weighted by Crippen LogP contribution is 2.31. The second-order valence-corrected chi connectivity index (χ2v) is 4.39. The van der Waals surface area contributed by atoms with Gasteiger partial charge in [0, 0.05) is 12.7 Å². The molecule has 0 unspecified atom stereocenters. The number of benzene rings is 2. The van der Waals surface area contributed by atoms with Crippen molar-refractivity contribution in [3.05, 3.63) is 58.9 Å². The summed E-state index contributed by atoms with van der Waals surface area (Å²) in [5.74, 6) is -0.289. The summed E-state index contributed by atoms with van der Waals surface area (Å²) in [7, 11) is 1.81.